The maximum atomic E-state index is 8.97. The number of pyridine rings is 1. The molecule has 0 fully saturated rings. The fourth-order valence-electron chi connectivity index (χ4n) is 1.60. The van der Waals surface area contributed by atoms with Crippen molar-refractivity contribution in [3.05, 3.63) is 47.5 Å². The van der Waals surface area contributed by atoms with Gasteiger partial charge in [-0.1, -0.05) is 6.07 Å². The first-order valence-electron chi connectivity index (χ1n) is 5.63. The van der Waals surface area contributed by atoms with E-state index in [0.29, 0.717) is 16.9 Å². The van der Waals surface area contributed by atoms with Crippen molar-refractivity contribution in [2.75, 3.05) is 17.7 Å². The van der Waals surface area contributed by atoms with Gasteiger partial charge in [-0.15, -0.1) is 0 Å². The van der Waals surface area contributed by atoms with Gasteiger partial charge in [0, 0.05) is 12.7 Å². The van der Waals surface area contributed by atoms with Crippen LogP contribution in [0.5, 0.6) is 0 Å². The Labute approximate surface area is 111 Å². The maximum Gasteiger partial charge on any atom is 0.132 e. The number of nitrogens with zero attached hydrogens (tertiary/aromatic N) is 3. The zero-order valence-electron chi connectivity index (χ0n) is 10.3. The topological polar surface area (TPSA) is 84.5 Å². The van der Waals surface area contributed by atoms with Gasteiger partial charge in [-0.25, -0.2) is 4.98 Å². The predicted molar refractivity (Wildman–Crippen MR) is 72.9 cm³/mol. The maximum absolute atomic E-state index is 8.97. The quantitative estimate of drug-likeness (QED) is 0.873. The molecule has 1 aromatic heterocycles. The molecule has 19 heavy (non-hydrogen) atoms. The van der Waals surface area contributed by atoms with E-state index in [1.165, 1.54) is 0 Å². The van der Waals surface area contributed by atoms with Crippen molar-refractivity contribution in [2.24, 2.45) is 0 Å². The summed E-state index contributed by atoms with van der Waals surface area (Å²) in [7, 11) is 1.79. The number of anilines is 3. The number of nitriles is 2. The number of benzene rings is 1. The van der Waals surface area contributed by atoms with Crippen LogP contribution in [-0.2, 0) is 0 Å². The largest absolute Gasteiger partial charge is 0.373 e. The summed E-state index contributed by atoms with van der Waals surface area (Å²) >= 11 is 0. The van der Waals surface area contributed by atoms with Crippen molar-refractivity contribution in [3.63, 3.8) is 0 Å². The Hall–Kier alpha value is -3.05. The Morgan fingerprint density at radius 2 is 1.74 bits per heavy atom. The first-order valence-corrected chi connectivity index (χ1v) is 5.63. The van der Waals surface area contributed by atoms with Gasteiger partial charge >= 0.3 is 0 Å². The lowest BCUT2D eigenvalue weighted by molar-refractivity contribution is 1.27. The predicted octanol–water partition coefficient (Wildman–Crippen LogP) is 2.61. The smallest absolute Gasteiger partial charge is 0.132 e. The van der Waals surface area contributed by atoms with Gasteiger partial charge in [0.1, 0.15) is 23.8 Å². The van der Waals surface area contributed by atoms with Crippen LogP contribution in [0.2, 0.25) is 0 Å². The second kappa shape index (κ2) is 5.52. The molecule has 0 unspecified atom stereocenters. The van der Waals surface area contributed by atoms with Gasteiger partial charge in [-0.2, -0.15) is 10.5 Å². The first kappa shape index (κ1) is 12.4. The molecule has 2 rings (SSSR count). The standard InChI is InChI=1S/C14H11N5/c1-17-13-3-2-4-14(19-13)18-12-6-5-10(8-15)11(7-12)9-16/h2-7H,1H3,(H2,17,18,19). The van der Waals surface area contributed by atoms with Crippen LogP contribution in [0, 0.1) is 22.7 Å². The van der Waals surface area contributed by atoms with Crippen molar-refractivity contribution >= 4 is 17.3 Å². The normalized spacial score (nSPS) is 9.21. The molecule has 92 valence electrons. The van der Waals surface area contributed by atoms with Crippen LogP contribution >= 0.6 is 0 Å². The highest BCUT2D eigenvalue weighted by Gasteiger charge is 2.03. The van der Waals surface area contributed by atoms with Gasteiger partial charge in [0.15, 0.2) is 0 Å². The molecule has 0 aliphatic heterocycles. The van der Waals surface area contributed by atoms with Gasteiger partial charge < -0.3 is 10.6 Å². The molecule has 0 radical (unpaired) electrons. The van der Waals surface area contributed by atoms with E-state index >= 15 is 0 Å². The van der Waals surface area contributed by atoms with Crippen molar-refractivity contribution in [1.29, 1.82) is 10.5 Å². The molecule has 0 spiro atoms. The lowest BCUT2D eigenvalue weighted by atomic mass is 10.1. The third kappa shape index (κ3) is 2.80. The number of hydrogen-bond acceptors (Lipinski definition) is 5. The van der Waals surface area contributed by atoms with Crippen LogP contribution in [0.25, 0.3) is 0 Å². The monoisotopic (exact) mass is 249 g/mol. The third-order valence-corrected chi connectivity index (χ3v) is 2.54. The van der Waals surface area contributed by atoms with E-state index in [1.54, 1.807) is 25.2 Å². The van der Waals surface area contributed by atoms with E-state index in [-0.39, 0.29) is 0 Å². The van der Waals surface area contributed by atoms with Crippen molar-refractivity contribution < 1.29 is 0 Å². The summed E-state index contributed by atoms with van der Waals surface area (Å²) in [5.74, 6) is 1.42. The van der Waals surface area contributed by atoms with Gasteiger partial charge in [0.05, 0.1) is 11.1 Å². The van der Waals surface area contributed by atoms with Crippen molar-refractivity contribution in [2.45, 2.75) is 0 Å². The van der Waals surface area contributed by atoms with E-state index in [2.05, 4.69) is 15.6 Å². The van der Waals surface area contributed by atoms with Gasteiger partial charge in [0.2, 0.25) is 0 Å². The van der Waals surface area contributed by atoms with Crippen LogP contribution in [0.3, 0.4) is 0 Å². The van der Waals surface area contributed by atoms with Crippen LogP contribution in [0.1, 0.15) is 11.1 Å². The lowest BCUT2D eigenvalue weighted by Gasteiger charge is -2.07. The molecule has 2 aromatic rings. The second-order valence-corrected chi connectivity index (χ2v) is 3.77. The van der Waals surface area contributed by atoms with E-state index < -0.39 is 0 Å². The minimum atomic E-state index is 0.345. The molecule has 0 saturated carbocycles. The minimum Gasteiger partial charge on any atom is -0.373 e. The van der Waals surface area contributed by atoms with E-state index in [4.69, 9.17) is 10.5 Å². The van der Waals surface area contributed by atoms with Gasteiger partial charge in [-0.3, -0.25) is 0 Å². The van der Waals surface area contributed by atoms with E-state index in [0.717, 1.165) is 11.5 Å². The number of hydrogen-bond donors (Lipinski definition) is 2. The van der Waals surface area contributed by atoms with Crippen LogP contribution in [0.15, 0.2) is 36.4 Å². The fraction of sp³-hybridized carbons (Fsp3) is 0.0714. The fourth-order valence-corrected chi connectivity index (χ4v) is 1.60. The highest BCUT2D eigenvalue weighted by atomic mass is 15.0. The molecule has 0 saturated heterocycles. The molecule has 0 aliphatic rings. The Bertz CT molecular complexity index is 679. The highest BCUT2D eigenvalue weighted by Crippen LogP contribution is 2.19. The SMILES string of the molecule is CNc1cccc(Nc2ccc(C#N)c(C#N)c2)n1. The molecule has 5 nitrogen and oxygen atoms in total. The Kier molecular flexibility index (Phi) is 3.61. The molecule has 1 aromatic carbocycles. The molecule has 2 N–H and O–H groups in total. The summed E-state index contributed by atoms with van der Waals surface area (Å²) in [4.78, 5) is 4.31. The Morgan fingerprint density at radius 3 is 2.42 bits per heavy atom. The minimum absolute atomic E-state index is 0.345. The average molecular weight is 249 g/mol. The molecular formula is C14H11N5. The number of rotatable bonds is 3. The van der Waals surface area contributed by atoms with E-state index in [9.17, 15) is 0 Å². The molecule has 5 heteroatoms. The molecular weight excluding hydrogens is 238 g/mol. The molecule has 0 amide bonds. The highest BCUT2D eigenvalue weighted by molar-refractivity contribution is 5.62. The zero-order chi connectivity index (χ0) is 13.7. The Balaban J connectivity index is 2.29. The summed E-state index contributed by atoms with van der Waals surface area (Å²) in [6, 6.07) is 14.5. The lowest BCUT2D eigenvalue weighted by Crippen LogP contribution is -1.98. The summed E-state index contributed by atoms with van der Waals surface area (Å²) in [6.07, 6.45) is 0. The van der Waals surface area contributed by atoms with Gasteiger partial charge in [0.25, 0.3) is 0 Å². The van der Waals surface area contributed by atoms with E-state index in [1.807, 2.05) is 30.3 Å². The second-order valence-electron chi connectivity index (χ2n) is 3.77. The summed E-state index contributed by atoms with van der Waals surface area (Å²) < 4.78 is 0. The number of nitrogens with one attached hydrogen (secondary N) is 2. The van der Waals surface area contributed by atoms with Crippen LogP contribution < -0.4 is 10.6 Å². The third-order valence-electron chi connectivity index (χ3n) is 2.54. The zero-order valence-corrected chi connectivity index (χ0v) is 10.3. The number of aromatic nitrogens is 1. The summed E-state index contributed by atoms with van der Waals surface area (Å²) in [5.41, 5.74) is 1.43. The molecule has 0 bridgehead atoms. The van der Waals surface area contributed by atoms with Crippen LogP contribution in [-0.4, -0.2) is 12.0 Å². The van der Waals surface area contributed by atoms with Gasteiger partial charge in [-0.05, 0) is 30.3 Å². The van der Waals surface area contributed by atoms with Crippen molar-refractivity contribution in [3.8, 4) is 12.1 Å². The van der Waals surface area contributed by atoms with Crippen molar-refractivity contribution in [1.82, 2.24) is 4.98 Å². The first-order chi connectivity index (χ1) is 9.26. The summed E-state index contributed by atoms with van der Waals surface area (Å²) in [6.45, 7) is 0. The molecule has 1 heterocycles. The summed E-state index contributed by atoms with van der Waals surface area (Å²) in [5, 5.41) is 23.9. The Morgan fingerprint density at radius 1 is 1.00 bits per heavy atom. The molecule has 0 aliphatic carbocycles. The van der Waals surface area contributed by atoms with Crippen LogP contribution in [0.4, 0.5) is 17.3 Å². The molecule has 0 atom stereocenters. The average Bonchev–Trinajstić information content (AvgIpc) is 2.47.